The summed E-state index contributed by atoms with van der Waals surface area (Å²) in [6.45, 7) is 7.22. The first kappa shape index (κ1) is 10.2. The minimum absolute atomic E-state index is 0.547. The van der Waals surface area contributed by atoms with E-state index < -0.39 is 11.1 Å². The van der Waals surface area contributed by atoms with Gasteiger partial charge in [0.1, 0.15) is 0 Å². The van der Waals surface area contributed by atoms with Gasteiger partial charge in [0.2, 0.25) is 6.41 Å². The molecule has 0 saturated heterocycles. The maximum atomic E-state index is 11.7. The van der Waals surface area contributed by atoms with Gasteiger partial charge in [0, 0.05) is 16.8 Å². The number of nitrogens with zero attached hydrogens (tertiary/aromatic N) is 1. The number of hydrogen-bond acceptors (Lipinski definition) is 3. The normalized spacial score (nSPS) is 25.5. The predicted octanol–water partition coefficient (Wildman–Crippen LogP) is 0.987. The first-order chi connectivity index (χ1) is 5.82. The van der Waals surface area contributed by atoms with Gasteiger partial charge < -0.3 is 15.6 Å². The molecule has 0 atom stereocenters. The van der Waals surface area contributed by atoms with Crippen molar-refractivity contribution in [2.75, 3.05) is 0 Å². The zero-order chi connectivity index (χ0) is 10.3. The molecule has 0 aromatic carbocycles. The summed E-state index contributed by atoms with van der Waals surface area (Å²) >= 11 is 0. The Morgan fingerprint density at radius 1 is 1.46 bits per heavy atom. The Labute approximate surface area is 78.2 Å². The van der Waals surface area contributed by atoms with Crippen LogP contribution in [0, 0.1) is 5.21 Å². The van der Waals surface area contributed by atoms with Crippen LogP contribution in [0.3, 0.4) is 0 Å². The van der Waals surface area contributed by atoms with Gasteiger partial charge in [-0.15, -0.1) is 0 Å². The fourth-order valence-corrected chi connectivity index (χ4v) is 1.70. The molecule has 0 fully saturated rings. The molecule has 0 saturated carbocycles. The number of hydrogen-bond donors (Lipinski definition) is 1. The van der Waals surface area contributed by atoms with Crippen molar-refractivity contribution in [3.05, 3.63) is 17.0 Å². The topological polar surface area (TPSA) is 55.4 Å². The van der Waals surface area contributed by atoms with Crippen molar-refractivity contribution in [1.29, 1.82) is 0 Å². The maximum absolute atomic E-state index is 11.7. The Hall–Kier alpha value is -0.870. The van der Waals surface area contributed by atoms with Gasteiger partial charge >= 0.3 is 0 Å². The number of nitrogens with one attached hydrogen (secondary N) is 1. The summed E-state index contributed by atoms with van der Waals surface area (Å²) in [6.07, 6.45) is 2.39. The molecule has 1 amide bonds. The number of amides is 1. The van der Waals surface area contributed by atoms with Gasteiger partial charge in [-0.1, -0.05) is 0 Å². The highest BCUT2D eigenvalue weighted by Crippen LogP contribution is 2.37. The monoisotopic (exact) mass is 183 g/mol. The molecule has 13 heavy (non-hydrogen) atoms. The number of carbonyl (C=O) groups excluding carboxylic acids is 1. The van der Waals surface area contributed by atoms with Crippen molar-refractivity contribution in [1.82, 2.24) is 10.4 Å². The van der Waals surface area contributed by atoms with Gasteiger partial charge in [-0.3, -0.25) is 4.79 Å². The van der Waals surface area contributed by atoms with Crippen LogP contribution < -0.4 is 5.32 Å². The molecule has 0 radical (unpaired) electrons. The largest absolute Gasteiger partial charge is 0.784 e. The number of hydroxylamine groups is 2. The molecular formula is C9H15N2O2-. The van der Waals surface area contributed by atoms with E-state index in [2.05, 4.69) is 5.32 Å². The van der Waals surface area contributed by atoms with E-state index in [1.165, 1.54) is 0 Å². The molecule has 0 unspecified atom stereocenters. The number of carbonyl (C=O) groups is 1. The summed E-state index contributed by atoms with van der Waals surface area (Å²) in [7, 11) is 0. The molecule has 1 aliphatic rings. The van der Waals surface area contributed by atoms with Gasteiger partial charge in [-0.25, -0.2) is 0 Å². The average Bonchev–Trinajstić information content (AvgIpc) is 2.14. The van der Waals surface area contributed by atoms with E-state index >= 15 is 0 Å². The molecular weight excluding hydrogens is 168 g/mol. The first-order valence-electron chi connectivity index (χ1n) is 4.23. The van der Waals surface area contributed by atoms with E-state index in [9.17, 15) is 10.0 Å². The van der Waals surface area contributed by atoms with E-state index in [1.54, 1.807) is 19.9 Å². The van der Waals surface area contributed by atoms with Gasteiger partial charge in [0.15, 0.2) is 0 Å². The standard InChI is InChI=1S/C9H15N2O2/c1-8(2)5-7(10-6-12)9(3,4)11(8)13/h5-6H,1-4H3,(H,10,12)/q-1. The SMILES string of the molecule is CC1(C)C=C(NC=O)C(C)(C)N1[O-]. The van der Waals surface area contributed by atoms with Crippen molar-refractivity contribution in [3.63, 3.8) is 0 Å². The molecule has 0 aromatic heterocycles. The van der Waals surface area contributed by atoms with Gasteiger partial charge in [0.05, 0.1) is 0 Å². The molecule has 74 valence electrons. The van der Waals surface area contributed by atoms with Crippen molar-refractivity contribution in [2.24, 2.45) is 0 Å². The highest BCUT2D eigenvalue weighted by molar-refractivity contribution is 5.53. The van der Waals surface area contributed by atoms with Gasteiger partial charge in [0.25, 0.3) is 0 Å². The molecule has 1 heterocycles. The summed E-state index contributed by atoms with van der Waals surface area (Å²) in [5.74, 6) is 0. The van der Waals surface area contributed by atoms with Crippen LogP contribution in [0.15, 0.2) is 11.8 Å². The minimum atomic E-state index is -0.648. The lowest BCUT2D eigenvalue weighted by molar-refractivity contribution is -0.109. The lowest BCUT2D eigenvalue weighted by Gasteiger charge is -2.47. The Morgan fingerprint density at radius 3 is 2.31 bits per heavy atom. The average molecular weight is 183 g/mol. The van der Waals surface area contributed by atoms with Gasteiger partial charge in [-0.05, 0) is 33.8 Å². The molecule has 4 heteroatoms. The summed E-state index contributed by atoms with van der Waals surface area (Å²) < 4.78 is 0. The summed E-state index contributed by atoms with van der Waals surface area (Å²) in [4.78, 5) is 10.3. The molecule has 0 aliphatic carbocycles. The molecule has 1 rings (SSSR count). The van der Waals surface area contributed by atoms with Crippen LogP contribution in [0.5, 0.6) is 0 Å². The first-order valence-corrected chi connectivity index (χ1v) is 4.23. The second-order valence-corrected chi connectivity index (χ2v) is 4.33. The zero-order valence-corrected chi connectivity index (χ0v) is 8.42. The van der Waals surface area contributed by atoms with E-state index in [0.29, 0.717) is 12.1 Å². The predicted molar refractivity (Wildman–Crippen MR) is 50.6 cm³/mol. The van der Waals surface area contributed by atoms with E-state index in [0.717, 1.165) is 5.06 Å². The van der Waals surface area contributed by atoms with Crippen LogP contribution in [0.2, 0.25) is 0 Å². The van der Waals surface area contributed by atoms with Crippen LogP contribution in [-0.4, -0.2) is 22.6 Å². The molecule has 1 N–H and O–H groups in total. The highest BCUT2D eigenvalue weighted by Gasteiger charge is 2.39. The van der Waals surface area contributed by atoms with Crippen LogP contribution in [0.25, 0.3) is 0 Å². The third-order valence-electron chi connectivity index (χ3n) is 2.40. The quantitative estimate of drug-likeness (QED) is 0.649. The van der Waals surface area contributed by atoms with Crippen LogP contribution in [0.4, 0.5) is 0 Å². The molecule has 0 bridgehead atoms. The number of rotatable bonds is 2. The second-order valence-electron chi connectivity index (χ2n) is 4.33. The Morgan fingerprint density at radius 2 is 2.00 bits per heavy atom. The summed E-state index contributed by atoms with van der Waals surface area (Å²) in [6, 6.07) is 0. The zero-order valence-electron chi connectivity index (χ0n) is 8.42. The van der Waals surface area contributed by atoms with Crippen molar-refractivity contribution >= 4 is 6.41 Å². The van der Waals surface area contributed by atoms with E-state index in [-0.39, 0.29) is 0 Å². The second kappa shape index (κ2) is 2.82. The van der Waals surface area contributed by atoms with Gasteiger partial charge in [-0.2, -0.15) is 0 Å². The lowest BCUT2D eigenvalue weighted by Crippen LogP contribution is -2.47. The van der Waals surface area contributed by atoms with Crippen LogP contribution in [-0.2, 0) is 4.79 Å². The third kappa shape index (κ3) is 1.47. The van der Waals surface area contributed by atoms with E-state index in [1.807, 2.05) is 13.8 Å². The van der Waals surface area contributed by atoms with Crippen molar-refractivity contribution in [3.8, 4) is 0 Å². The Bertz CT molecular complexity index is 256. The van der Waals surface area contributed by atoms with Crippen LogP contribution >= 0.6 is 0 Å². The smallest absolute Gasteiger partial charge is 0.211 e. The molecule has 0 spiro atoms. The Kier molecular flexibility index (Phi) is 2.21. The Balaban J connectivity index is 3.01. The summed E-state index contributed by atoms with van der Waals surface area (Å²) in [5.41, 5.74) is -0.526. The maximum Gasteiger partial charge on any atom is 0.211 e. The summed E-state index contributed by atoms with van der Waals surface area (Å²) in [5, 5.41) is 15.3. The van der Waals surface area contributed by atoms with Crippen molar-refractivity contribution < 1.29 is 4.79 Å². The minimum Gasteiger partial charge on any atom is -0.784 e. The van der Waals surface area contributed by atoms with E-state index in [4.69, 9.17) is 0 Å². The fourth-order valence-electron chi connectivity index (χ4n) is 1.70. The third-order valence-corrected chi connectivity index (χ3v) is 2.40. The fraction of sp³-hybridized carbons (Fsp3) is 0.667. The highest BCUT2D eigenvalue weighted by atomic mass is 16.5. The molecule has 1 aliphatic heterocycles. The lowest BCUT2D eigenvalue weighted by atomic mass is 10.0. The molecule has 0 aromatic rings. The van der Waals surface area contributed by atoms with Crippen molar-refractivity contribution in [2.45, 2.75) is 38.8 Å². The molecule has 4 nitrogen and oxygen atoms in total. The van der Waals surface area contributed by atoms with Crippen LogP contribution in [0.1, 0.15) is 27.7 Å².